The Morgan fingerprint density at radius 3 is 1.71 bits per heavy atom. The Bertz CT molecular complexity index is 2110. The average Bonchev–Trinajstić information content (AvgIpc) is 3.22. The fourth-order valence-corrected chi connectivity index (χ4v) is 6.75. The van der Waals surface area contributed by atoms with Crippen LogP contribution in [0.25, 0.3) is 11.6 Å². The van der Waals surface area contributed by atoms with E-state index in [2.05, 4.69) is 21.3 Å². The fourth-order valence-electron chi connectivity index (χ4n) is 6.75. The topological polar surface area (TPSA) is 230 Å². The van der Waals surface area contributed by atoms with Crippen molar-refractivity contribution in [3.63, 3.8) is 0 Å². The second-order valence-corrected chi connectivity index (χ2v) is 13.1. The number of ether oxygens (including phenoxy) is 5. The van der Waals surface area contributed by atoms with Gasteiger partial charge in [0.15, 0.2) is 18.1 Å². The molecule has 0 bridgehead atoms. The predicted octanol–water partition coefficient (Wildman–Crippen LogP) is 3.43. The Kier molecular flexibility index (Phi) is 16.1. The number of phenols is 2. The Morgan fingerprint density at radius 2 is 1.20 bits per heavy atom. The molecule has 0 radical (unpaired) electrons. The van der Waals surface area contributed by atoms with E-state index in [9.17, 15) is 24.9 Å². The quantitative estimate of drug-likeness (QED) is 0.0543. The van der Waals surface area contributed by atoms with E-state index >= 15 is 0 Å². The summed E-state index contributed by atoms with van der Waals surface area (Å²) < 4.78 is 27.5. The summed E-state index contributed by atoms with van der Waals surface area (Å²) in [6, 6.07) is 14.7. The number of hydrogen-bond donors (Lipinski definition) is 9. The second-order valence-electron chi connectivity index (χ2n) is 13.1. The molecule has 16 nitrogen and oxygen atoms in total. The summed E-state index contributed by atoms with van der Waals surface area (Å²) >= 11 is 0. The minimum Gasteiger partial charge on any atom is -0.507 e. The van der Waals surface area contributed by atoms with Crippen LogP contribution in [0.3, 0.4) is 0 Å². The van der Waals surface area contributed by atoms with Gasteiger partial charge in [0, 0.05) is 79.5 Å². The first-order chi connectivity index (χ1) is 27.6. The number of aromatic hydroxyl groups is 2. The zero-order valence-corrected chi connectivity index (χ0v) is 34.2. The van der Waals surface area contributed by atoms with Crippen molar-refractivity contribution in [3.05, 3.63) is 88.0 Å². The van der Waals surface area contributed by atoms with E-state index in [1.54, 1.807) is 51.7 Å². The average molecular weight is 860 g/mol. The molecule has 4 aromatic carbocycles. The van der Waals surface area contributed by atoms with Crippen molar-refractivity contribution >= 4 is 59.4 Å². The van der Waals surface area contributed by atoms with E-state index < -0.39 is 17.4 Å². The Labute approximate surface area is 352 Å². The van der Waals surface area contributed by atoms with Gasteiger partial charge in [0.25, 0.3) is 5.79 Å². The molecule has 0 saturated heterocycles. The van der Waals surface area contributed by atoms with Crippen molar-refractivity contribution in [3.8, 4) is 40.2 Å². The van der Waals surface area contributed by atoms with Crippen molar-refractivity contribution in [1.29, 1.82) is 0 Å². The molecule has 0 aromatic heterocycles. The molecule has 318 valence electrons. The minimum atomic E-state index is -1.58. The van der Waals surface area contributed by atoms with Gasteiger partial charge < -0.3 is 70.5 Å². The largest absolute Gasteiger partial charge is 0.507 e. The van der Waals surface area contributed by atoms with E-state index in [0.717, 1.165) is 5.56 Å². The van der Waals surface area contributed by atoms with Gasteiger partial charge in [-0.05, 0) is 48.5 Å². The highest BCUT2D eigenvalue weighted by atomic mass is 35.5. The summed E-state index contributed by atoms with van der Waals surface area (Å²) in [5.41, 5.74) is 2.85. The Morgan fingerprint density at radius 1 is 0.661 bits per heavy atom. The highest BCUT2D eigenvalue weighted by molar-refractivity contribution is 6.33. The summed E-state index contributed by atoms with van der Waals surface area (Å²) in [7, 11) is 4.71. The lowest BCUT2D eigenvalue weighted by molar-refractivity contribution is -0.116. The van der Waals surface area contributed by atoms with Crippen molar-refractivity contribution in [2.24, 2.45) is 0 Å². The van der Waals surface area contributed by atoms with Gasteiger partial charge in [-0.15, -0.1) is 24.8 Å². The van der Waals surface area contributed by atoms with Crippen molar-refractivity contribution in [2.45, 2.75) is 5.79 Å². The highest BCUT2D eigenvalue weighted by Crippen LogP contribution is 2.49. The lowest BCUT2D eigenvalue weighted by Gasteiger charge is -2.39. The number of hydrogen-bond acceptors (Lipinski definition) is 16. The molecule has 2 aliphatic heterocycles. The molecule has 1 unspecified atom stereocenters. The summed E-state index contributed by atoms with van der Waals surface area (Å²) in [4.78, 5) is 26.7. The van der Waals surface area contributed by atoms with Gasteiger partial charge in [0.2, 0.25) is 11.6 Å². The number of aliphatic hydroxyl groups excluding tert-OH is 2. The maximum Gasteiger partial charge on any atom is 0.270 e. The summed E-state index contributed by atoms with van der Waals surface area (Å²) in [6.07, 6.45) is 1.89. The third-order valence-electron chi connectivity index (χ3n) is 9.51. The number of anilines is 2. The molecule has 7 rings (SSSR count). The van der Waals surface area contributed by atoms with Gasteiger partial charge in [-0.25, -0.2) is 0 Å². The maximum absolute atomic E-state index is 13.4. The first-order valence-corrected chi connectivity index (χ1v) is 18.2. The van der Waals surface area contributed by atoms with Gasteiger partial charge >= 0.3 is 0 Å². The molecule has 4 aromatic rings. The van der Waals surface area contributed by atoms with Crippen LogP contribution in [0.15, 0.2) is 54.6 Å². The standard InChI is InChI=1S/C22H28N4O6.C19H18O6.2ClH/c27-11-9-23-5-7-25-13-1-2-14(26-8-6-24-10-12-28)18-17(13)21(31)19-15(29)3-4-16(30)20(19)22(18)32;1-21-12-5-4-11-6-14-13-8-17(22-2)18(23-3)9-16(13)24-10-19(14,20)25-15(11)7-12;;/h1-4,23-30H,5-12H2;4-9,20H,10H2,1-3H3;2*1H. The maximum atomic E-state index is 13.4. The van der Waals surface area contributed by atoms with E-state index in [1.807, 2.05) is 18.2 Å². The zero-order valence-electron chi connectivity index (χ0n) is 32.5. The number of halogens is 2. The van der Waals surface area contributed by atoms with Gasteiger partial charge in [-0.3, -0.25) is 9.59 Å². The van der Waals surface area contributed by atoms with Crippen LogP contribution in [0.4, 0.5) is 11.4 Å². The third kappa shape index (κ3) is 9.55. The molecule has 0 spiro atoms. The summed E-state index contributed by atoms with van der Waals surface area (Å²) in [5, 5.41) is 61.6. The van der Waals surface area contributed by atoms with Crippen LogP contribution in [0, 0.1) is 0 Å². The number of benzene rings is 4. The van der Waals surface area contributed by atoms with E-state index in [1.165, 1.54) is 12.1 Å². The van der Waals surface area contributed by atoms with Crippen LogP contribution >= 0.6 is 24.8 Å². The number of rotatable bonds is 15. The molecule has 18 heteroatoms. The van der Waals surface area contributed by atoms with Crippen LogP contribution in [0.2, 0.25) is 0 Å². The first-order valence-electron chi connectivity index (χ1n) is 18.2. The monoisotopic (exact) mass is 858 g/mol. The fraction of sp³-hybridized carbons (Fsp3) is 0.317. The number of fused-ring (bicyclic) bond motifs is 6. The lowest BCUT2D eigenvalue weighted by Crippen LogP contribution is -2.47. The predicted molar refractivity (Wildman–Crippen MR) is 226 cm³/mol. The molecular formula is C41H48Cl2N4O12. The SMILES string of the molecule is COc1ccc2c(c1)OC1(O)COc3cc(OC)c(OC)cc3C1=C2.Cl.Cl.O=C1c2c(O)ccc(O)c2C(=O)c2c(NCCNCCO)ccc(NCCNCCO)c21. The third-order valence-corrected chi connectivity index (χ3v) is 9.51. The molecular weight excluding hydrogens is 811 g/mol. The van der Waals surface area contributed by atoms with E-state index in [-0.39, 0.29) is 78.4 Å². The number of methoxy groups -OCH3 is 3. The van der Waals surface area contributed by atoms with E-state index in [4.69, 9.17) is 33.9 Å². The first kappa shape index (κ1) is 46.2. The van der Waals surface area contributed by atoms with Gasteiger partial charge in [0.05, 0.1) is 56.8 Å². The van der Waals surface area contributed by atoms with Crippen LogP contribution in [-0.2, 0) is 0 Å². The van der Waals surface area contributed by atoms with Crippen LogP contribution in [0.1, 0.15) is 43.0 Å². The summed E-state index contributed by atoms with van der Waals surface area (Å²) in [5.74, 6) is -0.523. The highest BCUT2D eigenvalue weighted by Gasteiger charge is 2.45. The Balaban J connectivity index is 0.000000258. The van der Waals surface area contributed by atoms with Crippen LogP contribution in [-0.4, -0.2) is 123 Å². The zero-order chi connectivity index (χ0) is 40.7. The van der Waals surface area contributed by atoms with Gasteiger partial charge in [-0.2, -0.15) is 0 Å². The number of carbonyl (C=O) groups excluding carboxylic acids is 2. The minimum absolute atomic E-state index is 0. The van der Waals surface area contributed by atoms with Crippen LogP contribution in [0.5, 0.6) is 40.2 Å². The Hall–Kier alpha value is -5.46. The number of aliphatic hydroxyl groups is 3. The molecule has 0 saturated carbocycles. The van der Waals surface area contributed by atoms with Crippen molar-refractivity contribution < 1.29 is 58.8 Å². The molecule has 3 aliphatic rings. The van der Waals surface area contributed by atoms with Crippen molar-refractivity contribution in [2.75, 3.05) is 91.1 Å². The smallest absolute Gasteiger partial charge is 0.270 e. The molecule has 1 atom stereocenters. The van der Waals surface area contributed by atoms with Crippen LogP contribution < -0.4 is 45.0 Å². The lowest BCUT2D eigenvalue weighted by atomic mass is 9.81. The number of phenolic OH excluding ortho intramolecular Hbond substituents is 2. The molecule has 2 heterocycles. The normalized spacial score (nSPS) is 15.3. The van der Waals surface area contributed by atoms with E-state index in [0.29, 0.717) is 90.5 Å². The molecule has 9 N–H and O–H groups in total. The number of carbonyl (C=O) groups is 2. The van der Waals surface area contributed by atoms with Gasteiger partial charge in [0.1, 0.15) is 28.7 Å². The molecule has 0 amide bonds. The molecule has 0 fully saturated rings. The molecule has 1 aliphatic carbocycles. The molecule has 59 heavy (non-hydrogen) atoms. The second kappa shape index (κ2) is 20.5. The number of nitrogens with one attached hydrogen (secondary N) is 4. The number of ketones is 2. The van der Waals surface area contributed by atoms with Crippen molar-refractivity contribution in [1.82, 2.24) is 10.6 Å². The van der Waals surface area contributed by atoms with Gasteiger partial charge in [-0.1, -0.05) is 0 Å². The summed E-state index contributed by atoms with van der Waals surface area (Å²) in [6.45, 7) is 2.78.